The van der Waals surface area contributed by atoms with E-state index in [1.807, 2.05) is 12.1 Å². The van der Waals surface area contributed by atoms with Crippen LogP contribution in [0, 0.1) is 42.3 Å². The minimum absolute atomic E-state index is 0. The Kier molecular flexibility index (Phi) is 22.0. The fourth-order valence-corrected chi connectivity index (χ4v) is 3.96. The van der Waals surface area contributed by atoms with Gasteiger partial charge >= 0.3 is 5.97 Å². The lowest BCUT2D eigenvalue weighted by molar-refractivity contribution is -0.149. The number of carbonyl (C=O) groups is 1. The molecule has 2 aromatic carbocycles. The number of aryl methyl sites for hydroxylation is 1. The Labute approximate surface area is 236 Å². The third-order valence-electron chi connectivity index (χ3n) is 7.45. The molecule has 0 aliphatic heterocycles. The maximum Gasteiger partial charge on any atom is 0.309 e. The van der Waals surface area contributed by atoms with Crippen LogP contribution in [0.3, 0.4) is 0 Å². The Morgan fingerprint density at radius 3 is 1.37 bits per heavy atom. The SMILES string of the molecule is C.C.CC(C)[C@@H](C)c1ccc(F)cc1.CCC(C)[C@H](C(=O)OC)C(C)C.Cc1ccc([C@H](C)C(C)C)cc1. The van der Waals surface area contributed by atoms with E-state index in [4.69, 9.17) is 4.74 Å². The first kappa shape index (κ1) is 40.3. The first-order valence-electron chi connectivity index (χ1n) is 13.7. The van der Waals surface area contributed by atoms with Gasteiger partial charge in [-0.15, -0.1) is 0 Å². The summed E-state index contributed by atoms with van der Waals surface area (Å²) in [7, 11) is 1.46. The first-order chi connectivity index (χ1) is 16.8. The summed E-state index contributed by atoms with van der Waals surface area (Å²) in [6, 6.07) is 15.6. The summed E-state index contributed by atoms with van der Waals surface area (Å²) >= 11 is 0. The molecule has 1 unspecified atom stereocenters. The van der Waals surface area contributed by atoms with E-state index < -0.39 is 0 Å². The van der Waals surface area contributed by atoms with Crippen molar-refractivity contribution in [1.82, 2.24) is 0 Å². The zero-order chi connectivity index (χ0) is 28.0. The van der Waals surface area contributed by atoms with Gasteiger partial charge in [0.25, 0.3) is 0 Å². The average molecular weight is 533 g/mol. The molecule has 220 valence electrons. The molecule has 0 aromatic heterocycles. The van der Waals surface area contributed by atoms with Crippen LogP contribution in [0.5, 0.6) is 0 Å². The van der Waals surface area contributed by atoms with Gasteiger partial charge < -0.3 is 4.74 Å². The predicted octanol–water partition coefficient (Wildman–Crippen LogP) is 11.1. The number of ether oxygens (including phenoxy) is 1. The fourth-order valence-electron chi connectivity index (χ4n) is 3.96. The second-order valence-corrected chi connectivity index (χ2v) is 11.2. The van der Waals surface area contributed by atoms with Gasteiger partial charge in [-0.1, -0.05) is 132 Å². The Morgan fingerprint density at radius 1 is 0.711 bits per heavy atom. The van der Waals surface area contributed by atoms with Gasteiger partial charge in [-0.3, -0.25) is 4.79 Å². The summed E-state index contributed by atoms with van der Waals surface area (Å²) in [4.78, 5) is 11.3. The molecule has 4 atom stereocenters. The van der Waals surface area contributed by atoms with Gasteiger partial charge in [-0.05, 0) is 65.7 Å². The molecule has 38 heavy (non-hydrogen) atoms. The third kappa shape index (κ3) is 14.7. The second-order valence-electron chi connectivity index (χ2n) is 11.2. The van der Waals surface area contributed by atoms with Crippen LogP contribution in [0.1, 0.15) is 119 Å². The van der Waals surface area contributed by atoms with Crippen LogP contribution < -0.4 is 0 Å². The van der Waals surface area contributed by atoms with E-state index >= 15 is 0 Å². The molecule has 0 heterocycles. The Morgan fingerprint density at radius 2 is 1.08 bits per heavy atom. The summed E-state index contributed by atoms with van der Waals surface area (Å²) < 4.78 is 17.3. The number of methoxy groups -OCH3 is 1. The van der Waals surface area contributed by atoms with Crippen molar-refractivity contribution in [3.63, 3.8) is 0 Å². The topological polar surface area (TPSA) is 26.3 Å². The van der Waals surface area contributed by atoms with E-state index in [9.17, 15) is 9.18 Å². The number of rotatable bonds is 8. The number of halogens is 1. The average Bonchev–Trinajstić information content (AvgIpc) is 2.84. The quantitative estimate of drug-likeness (QED) is 0.316. The largest absolute Gasteiger partial charge is 0.469 e. The molecule has 0 fully saturated rings. The minimum Gasteiger partial charge on any atom is -0.469 e. The molecule has 0 radical (unpaired) electrons. The molecule has 0 bridgehead atoms. The van der Waals surface area contributed by atoms with Gasteiger partial charge in [-0.25, -0.2) is 4.39 Å². The van der Waals surface area contributed by atoms with Crippen molar-refractivity contribution >= 4 is 5.97 Å². The smallest absolute Gasteiger partial charge is 0.309 e. The van der Waals surface area contributed by atoms with Crippen LogP contribution in [0.2, 0.25) is 0 Å². The zero-order valence-corrected chi connectivity index (χ0v) is 25.1. The molecule has 2 aromatic rings. The van der Waals surface area contributed by atoms with Crippen LogP contribution >= 0.6 is 0 Å². The van der Waals surface area contributed by atoms with Gasteiger partial charge in [0, 0.05) is 0 Å². The van der Waals surface area contributed by atoms with Gasteiger partial charge in [0.05, 0.1) is 13.0 Å². The highest BCUT2D eigenvalue weighted by Crippen LogP contribution is 2.25. The number of benzene rings is 2. The van der Waals surface area contributed by atoms with E-state index in [1.165, 1.54) is 35.9 Å². The molecule has 3 heteroatoms. The van der Waals surface area contributed by atoms with Crippen molar-refractivity contribution in [1.29, 1.82) is 0 Å². The van der Waals surface area contributed by atoms with Crippen molar-refractivity contribution in [2.45, 2.75) is 109 Å². The summed E-state index contributed by atoms with van der Waals surface area (Å²) in [6.45, 7) is 23.8. The predicted molar refractivity (Wildman–Crippen MR) is 167 cm³/mol. The lowest BCUT2D eigenvalue weighted by Crippen LogP contribution is -2.27. The van der Waals surface area contributed by atoms with E-state index in [1.54, 1.807) is 0 Å². The molecule has 2 rings (SSSR count). The molecule has 0 saturated heterocycles. The highest BCUT2D eigenvalue weighted by Gasteiger charge is 2.27. The van der Waals surface area contributed by atoms with Crippen LogP contribution in [-0.2, 0) is 9.53 Å². The van der Waals surface area contributed by atoms with Gasteiger partial charge in [0.15, 0.2) is 0 Å². The lowest BCUT2D eigenvalue weighted by atomic mass is 9.83. The monoisotopic (exact) mass is 532 g/mol. The Balaban J connectivity index is -0.000000471. The summed E-state index contributed by atoms with van der Waals surface area (Å²) in [5.74, 6) is 3.12. The fraction of sp³-hybridized carbons (Fsp3) is 0.629. The van der Waals surface area contributed by atoms with E-state index in [0.29, 0.717) is 29.6 Å². The molecule has 2 nitrogen and oxygen atoms in total. The van der Waals surface area contributed by atoms with Crippen LogP contribution in [0.25, 0.3) is 0 Å². The minimum atomic E-state index is -0.158. The molecular weight excluding hydrogens is 471 g/mol. The molecule has 0 spiro atoms. The van der Waals surface area contributed by atoms with Crippen LogP contribution in [-0.4, -0.2) is 13.1 Å². The Hall–Kier alpha value is -2.16. The number of hydrogen-bond acceptors (Lipinski definition) is 2. The molecule has 0 aliphatic rings. The molecule has 0 N–H and O–H groups in total. The van der Waals surface area contributed by atoms with E-state index in [2.05, 4.69) is 100 Å². The van der Waals surface area contributed by atoms with Crippen molar-refractivity contribution in [2.75, 3.05) is 7.11 Å². The zero-order valence-electron chi connectivity index (χ0n) is 25.1. The van der Waals surface area contributed by atoms with Crippen molar-refractivity contribution in [3.8, 4) is 0 Å². The highest BCUT2D eigenvalue weighted by molar-refractivity contribution is 5.72. The van der Waals surface area contributed by atoms with Crippen molar-refractivity contribution in [2.24, 2.45) is 29.6 Å². The maximum absolute atomic E-state index is 12.6. The highest BCUT2D eigenvalue weighted by atomic mass is 19.1. The van der Waals surface area contributed by atoms with E-state index in [0.717, 1.165) is 12.3 Å². The summed E-state index contributed by atoms with van der Waals surface area (Å²) in [5, 5.41) is 0. The van der Waals surface area contributed by atoms with Gasteiger partial charge in [0.1, 0.15) is 5.82 Å². The third-order valence-corrected chi connectivity index (χ3v) is 7.45. The molecule has 0 aliphatic carbocycles. The summed E-state index contributed by atoms with van der Waals surface area (Å²) in [5.41, 5.74) is 4.01. The Bertz CT molecular complexity index is 782. The van der Waals surface area contributed by atoms with Crippen LogP contribution in [0.15, 0.2) is 48.5 Å². The van der Waals surface area contributed by atoms with Gasteiger partial charge in [-0.2, -0.15) is 0 Å². The maximum atomic E-state index is 12.6. The van der Waals surface area contributed by atoms with Gasteiger partial charge in [0.2, 0.25) is 0 Å². The standard InChI is InChI=1S/C12H18.C11H15F.C10H20O2.2CH4/c1-9(2)11(4)12-7-5-10(3)6-8-12;1-8(2)9(3)10-4-6-11(12)7-5-10;1-6-8(4)9(7(2)3)10(11)12-5;;/h5-9,11H,1-4H3;4-9H,1-3H3;7-9H,6H2,1-5H3;2*1H4/t11-;9-;8?,9-;;/m111../s1. The lowest BCUT2D eigenvalue weighted by Gasteiger charge is -2.23. The molecule has 0 amide bonds. The first-order valence-corrected chi connectivity index (χ1v) is 13.7. The number of carbonyl (C=O) groups excluding carboxylic acids is 1. The molecular formula is C35H61FO2. The summed E-state index contributed by atoms with van der Waals surface area (Å²) in [6.07, 6.45) is 1.03. The number of esters is 1. The molecule has 0 saturated carbocycles. The van der Waals surface area contributed by atoms with Crippen molar-refractivity contribution in [3.05, 3.63) is 71.0 Å². The van der Waals surface area contributed by atoms with E-state index in [-0.39, 0.29) is 32.6 Å². The second kappa shape index (κ2) is 20.8. The normalized spacial score (nSPS) is 13.5. The van der Waals surface area contributed by atoms with Crippen LogP contribution in [0.4, 0.5) is 4.39 Å². The van der Waals surface area contributed by atoms with Crippen molar-refractivity contribution < 1.29 is 13.9 Å². The number of hydrogen-bond donors (Lipinski definition) is 0.